The number of aromatic nitrogens is 2. The number of nitrogens with zero attached hydrogens (tertiary/aromatic N) is 2. The van der Waals surface area contributed by atoms with E-state index < -0.39 is 21.5 Å². The molecule has 130 valence electrons. The monoisotopic (exact) mass is 345 g/mol. The molecule has 0 unspecified atom stereocenters. The Bertz CT molecular complexity index is 690. The maximum atomic E-state index is 12.6. The topological polar surface area (TPSA) is 99.5 Å². The van der Waals surface area contributed by atoms with Crippen molar-refractivity contribution in [3.63, 3.8) is 0 Å². The normalized spacial score (nSPS) is 17.2. The number of sulfonamides is 1. The van der Waals surface area contributed by atoms with Crippen LogP contribution in [-0.4, -0.2) is 43.4 Å². The fraction of sp³-hybridized carbons (Fsp3) is 0.714. The molecule has 1 fully saturated rings. The Morgan fingerprint density at radius 2 is 2.00 bits per heavy atom. The van der Waals surface area contributed by atoms with E-state index in [1.165, 1.54) is 11.8 Å². The lowest BCUT2D eigenvalue weighted by molar-refractivity contribution is -0.143. The maximum absolute atomic E-state index is 12.6. The summed E-state index contributed by atoms with van der Waals surface area (Å²) in [6.45, 7) is 3.69. The predicted molar refractivity (Wildman–Crippen MR) is 82.7 cm³/mol. The molecule has 23 heavy (non-hydrogen) atoms. The number of aryl methyl sites for hydroxylation is 2. The molecule has 1 aromatic heterocycles. The average molecular weight is 345 g/mol. The largest absolute Gasteiger partial charge is 0.480 e. The Balaban J connectivity index is 2.33. The van der Waals surface area contributed by atoms with E-state index in [0.29, 0.717) is 19.4 Å². The molecule has 1 aromatic rings. The van der Waals surface area contributed by atoms with Gasteiger partial charge >= 0.3 is 0 Å². The quantitative estimate of drug-likeness (QED) is 0.822. The van der Waals surface area contributed by atoms with Crippen molar-refractivity contribution in [1.82, 2.24) is 14.5 Å². The highest BCUT2D eigenvalue weighted by Crippen LogP contribution is 2.34. The molecular formula is C14H23N3O5S. The van der Waals surface area contributed by atoms with E-state index in [1.807, 2.05) is 0 Å². The molecule has 2 rings (SSSR count). The van der Waals surface area contributed by atoms with Crippen LogP contribution in [0.3, 0.4) is 0 Å². The molecule has 9 heteroatoms. The summed E-state index contributed by atoms with van der Waals surface area (Å²) in [5, 5.41) is 4.04. The zero-order chi connectivity index (χ0) is 17.3. The van der Waals surface area contributed by atoms with Gasteiger partial charge in [0.05, 0.1) is 12.8 Å². The molecule has 0 spiro atoms. The van der Waals surface area contributed by atoms with Crippen LogP contribution in [0.2, 0.25) is 0 Å². The maximum Gasteiger partial charge on any atom is 0.271 e. The molecule has 1 amide bonds. The van der Waals surface area contributed by atoms with Gasteiger partial charge in [-0.25, -0.2) is 17.8 Å². The lowest BCUT2D eigenvalue weighted by atomic mass is 10.0. The van der Waals surface area contributed by atoms with Gasteiger partial charge in [0.2, 0.25) is 5.88 Å². The van der Waals surface area contributed by atoms with E-state index >= 15 is 0 Å². The van der Waals surface area contributed by atoms with Gasteiger partial charge in [0.1, 0.15) is 5.60 Å². The molecule has 0 radical (unpaired) electrons. The smallest absolute Gasteiger partial charge is 0.271 e. The minimum atomic E-state index is -4.09. The van der Waals surface area contributed by atoms with Gasteiger partial charge in [0, 0.05) is 13.7 Å². The van der Waals surface area contributed by atoms with Crippen LogP contribution in [0.4, 0.5) is 0 Å². The van der Waals surface area contributed by atoms with Crippen LogP contribution < -0.4 is 9.46 Å². The molecule has 0 atom stereocenters. The molecule has 8 nitrogen and oxygen atoms in total. The van der Waals surface area contributed by atoms with Crippen molar-refractivity contribution in [3.05, 3.63) is 5.69 Å². The van der Waals surface area contributed by atoms with Crippen LogP contribution in [0.15, 0.2) is 4.90 Å². The first-order valence-electron chi connectivity index (χ1n) is 7.56. The predicted octanol–water partition coefficient (Wildman–Crippen LogP) is 0.891. The van der Waals surface area contributed by atoms with Gasteiger partial charge in [0.15, 0.2) is 4.90 Å². The number of ether oxygens (including phenoxy) is 2. The van der Waals surface area contributed by atoms with Crippen molar-refractivity contribution in [1.29, 1.82) is 0 Å². The molecule has 0 saturated heterocycles. The zero-order valence-electron chi connectivity index (χ0n) is 13.9. The minimum Gasteiger partial charge on any atom is -0.480 e. The first-order valence-corrected chi connectivity index (χ1v) is 9.04. The number of amides is 1. The lowest BCUT2D eigenvalue weighted by Crippen LogP contribution is -2.49. The highest BCUT2D eigenvalue weighted by atomic mass is 32.2. The van der Waals surface area contributed by atoms with E-state index in [0.717, 1.165) is 12.8 Å². The van der Waals surface area contributed by atoms with Crippen LogP contribution >= 0.6 is 0 Å². The summed E-state index contributed by atoms with van der Waals surface area (Å²) in [7, 11) is -1.16. The number of methoxy groups -OCH3 is 1. The number of hydrogen-bond donors (Lipinski definition) is 1. The summed E-state index contributed by atoms with van der Waals surface area (Å²) in [6, 6.07) is 0. The third-order valence-corrected chi connectivity index (χ3v) is 5.51. The lowest BCUT2D eigenvalue weighted by Gasteiger charge is -2.27. The Hall–Kier alpha value is -1.61. The minimum absolute atomic E-state index is 0.0830. The summed E-state index contributed by atoms with van der Waals surface area (Å²) < 4.78 is 39.4. The van der Waals surface area contributed by atoms with E-state index in [1.54, 1.807) is 20.9 Å². The number of nitrogens with one attached hydrogen (secondary N) is 1. The molecule has 1 heterocycles. The van der Waals surface area contributed by atoms with E-state index in [4.69, 9.17) is 9.47 Å². The van der Waals surface area contributed by atoms with Crippen LogP contribution in [-0.2, 0) is 26.6 Å². The number of rotatable bonds is 6. The van der Waals surface area contributed by atoms with Crippen LogP contribution in [0.1, 0.15) is 38.3 Å². The second kappa shape index (κ2) is 6.48. The van der Waals surface area contributed by atoms with Crippen LogP contribution in [0, 0.1) is 6.92 Å². The van der Waals surface area contributed by atoms with Gasteiger partial charge in [0.25, 0.3) is 15.9 Å². The molecular weight excluding hydrogens is 322 g/mol. The number of carbonyl (C=O) groups excluding carboxylic acids is 1. The van der Waals surface area contributed by atoms with Crippen molar-refractivity contribution >= 4 is 15.9 Å². The second-order valence-corrected chi connectivity index (χ2v) is 7.24. The summed E-state index contributed by atoms with van der Waals surface area (Å²) in [5.74, 6) is -0.540. The molecule has 0 aliphatic heterocycles. The van der Waals surface area contributed by atoms with E-state index in [-0.39, 0.29) is 16.5 Å². The number of hydrogen-bond acceptors (Lipinski definition) is 6. The van der Waals surface area contributed by atoms with Gasteiger partial charge in [-0.05, 0) is 39.5 Å². The van der Waals surface area contributed by atoms with E-state index in [9.17, 15) is 13.2 Å². The second-order valence-electron chi connectivity index (χ2n) is 5.62. The molecule has 0 aromatic carbocycles. The van der Waals surface area contributed by atoms with Crippen molar-refractivity contribution in [2.24, 2.45) is 7.05 Å². The SMILES string of the molecule is CCOC1(C(=O)NS(=O)(=O)c2c(C)nn(C)c2OC)CCCC1. The average Bonchev–Trinajstić information content (AvgIpc) is 3.04. The van der Waals surface area contributed by atoms with Gasteiger partial charge in [-0.1, -0.05) is 0 Å². The highest BCUT2D eigenvalue weighted by Gasteiger charge is 2.44. The first kappa shape index (κ1) is 17.7. The Morgan fingerprint density at radius 1 is 1.39 bits per heavy atom. The number of carbonyl (C=O) groups is 1. The summed E-state index contributed by atoms with van der Waals surface area (Å²) in [5.41, 5.74) is -0.799. The summed E-state index contributed by atoms with van der Waals surface area (Å²) >= 11 is 0. The van der Waals surface area contributed by atoms with Crippen molar-refractivity contribution in [3.8, 4) is 5.88 Å². The van der Waals surface area contributed by atoms with Crippen LogP contribution in [0.25, 0.3) is 0 Å². The zero-order valence-corrected chi connectivity index (χ0v) is 14.7. The van der Waals surface area contributed by atoms with Crippen molar-refractivity contribution in [2.75, 3.05) is 13.7 Å². The van der Waals surface area contributed by atoms with Crippen LogP contribution in [0.5, 0.6) is 5.88 Å². The van der Waals surface area contributed by atoms with Gasteiger partial charge < -0.3 is 9.47 Å². The van der Waals surface area contributed by atoms with Crippen molar-refractivity contribution < 1.29 is 22.7 Å². The summed E-state index contributed by atoms with van der Waals surface area (Å²) in [4.78, 5) is 12.5. The highest BCUT2D eigenvalue weighted by molar-refractivity contribution is 7.90. The Morgan fingerprint density at radius 3 is 2.52 bits per heavy atom. The third kappa shape index (κ3) is 3.20. The fourth-order valence-electron chi connectivity index (χ4n) is 3.08. The van der Waals surface area contributed by atoms with Gasteiger partial charge in [-0.3, -0.25) is 4.79 Å². The van der Waals surface area contributed by atoms with E-state index in [2.05, 4.69) is 9.82 Å². The molecule has 1 N–H and O–H groups in total. The van der Waals surface area contributed by atoms with Crippen molar-refractivity contribution in [2.45, 2.75) is 50.0 Å². The first-order chi connectivity index (χ1) is 10.8. The third-order valence-electron chi connectivity index (χ3n) is 4.05. The Kier molecular flexibility index (Phi) is 5.00. The summed E-state index contributed by atoms with van der Waals surface area (Å²) in [6.07, 6.45) is 2.71. The standard InChI is InChI=1S/C14H23N3O5S/c1-5-22-14(8-6-7-9-14)13(18)16-23(19,20)11-10(2)15-17(3)12(11)21-4/h5-9H2,1-4H3,(H,16,18). The van der Waals surface area contributed by atoms with Gasteiger partial charge in [-0.2, -0.15) is 5.10 Å². The molecule has 1 saturated carbocycles. The fourth-order valence-corrected chi connectivity index (χ4v) is 4.48. The molecule has 0 bridgehead atoms. The Labute approximate surface area is 136 Å². The van der Waals surface area contributed by atoms with Gasteiger partial charge in [-0.15, -0.1) is 0 Å². The molecule has 1 aliphatic carbocycles. The molecule has 1 aliphatic rings.